The van der Waals surface area contributed by atoms with E-state index in [1.807, 2.05) is 18.3 Å². The predicted molar refractivity (Wildman–Crippen MR) is 75.1 cm³/mol. The van der Waals surface area contributed by atoms with E-state index in [-0.39, 0.29) is 11.8 Å². The van der Waals surface area contributed by atoms with Crippen molar-refractivity contribution in [2.24, 2.45) is 11.8 Å². The lowest BCUT2D eigenvalue weighted by molar-refractivity contribution is -0.137. The quantitative estimate of drug-likeness (QED) is 0.778. The lowest BCUT2D eigenvalue weighted by Crippen LogP contribution is -2.43. The second-order valence-corrected chi connectivity index (χ2v) is 6.73. The Morgan fingerprint density at radius 3 is 3.06 bits per heavy atom. The Balaban J connectivity index is 1.89. The Bertz CT molecular complexity index is 454. The molecule has 1 saturated carbocycles. The third kappa shape index (κ3) is 2.08. The number of fused-ring (bicyclic) bond motifs is 1. The number of hydrogen-bond acceptors (Lipinski definition) is 2. The number of alkyl halides is 1. The maximum atomic E-state index is 12.4. The van der Waals surface area contributed by atoms with Crippen LogP contribution in [0.3, 0.4) is 0 Å². The average Bonchev–Trinajstić information content (AvgIpc) is 3.12. The monoisotopic (exact) mass is 283 g/mol. The van der Waals surface area contributed by atoms with E-state index in [2.05, 4.69) is 16.3 Å². The topological polar surface area (TPSA) is 20.3 Å². The van der Waals surface area contributed by atoms with Gasteiger partial charge >= 0.3 is 0 Å². The summed E-state index contributed by atoms with van der Waals surface area (Å²) in [5.74, 6) is 1.28. The molecule has 1 aromatic heterocycles. The van der Waals surface area contributed by atoms with Gasteiger partial charge in [0.2, 0.25) is 5.91 Å². The molecule has 1 amide bonds. The summed E-state index contributed by atoms with van der Waals surface area (Å²) < 4.78 is 0. The van der Waals surface area contributed by atoms with Gasteiger partial charge in [-0.1, -0.05) is 6.92 Å². The molecule has 2 heterocycles. The van der Waals surface area contributed by atoms with Crippen LogP contribution in [0, 0.1) is 11.8 Å². The van der Waals surface area contributed by atoms with Crippen molar-refractivity contribution >= 4 is 28.8 Å². The van der Waals surface area contributed by atoms with Gasteiger partial charge in [0, 0.05) is 23.2 Å². The van der Waals surface area contributed by atoms with E-state index >= 15 is 0 Å². The minimum Gasteiger partial charge on any atom is -0.335 e. The number of carbonyl (C=O) groups excluding carboxylic acids is 1. The molecule has 1 aliphatic heterocycles. The molecule has 0 saturated heterocycles. The van der Waals surface area contributed by atoms with Crippen LogP contribution in [0.4, 0.5) is 0 Å². The molecule has 3 rings (SSSR count). The van der Waals surface area contributed by atoms with Crippen molar-refractivity contribution in [1.29, 1.82) is 0 Å². The third-order valence-electron chi connectivity index (χ3n) is 4.02. The highest BCUT2D eigenvalue weighted by Gasteiger charge is 2.42. The second kappa shape index (κ2) is 4.86. The van der Waals surface area contributed by atoms with Crippen LogP contribution < -0.4 is 0 Å². The van der Waals surface area contributed by atoms with Crippen molar-refractivity contribution in [1.82, 2.24) is 4.90 Å². The van der Waals surface area contributed by atoms with Crippen molar-refractivity contribution in [3.05, 3.63) is 21.9 Å². The standard InChI is InChI=1S/C14H18ClNOS/c1-9(8-15)14(17)16-6-4-12-11(5-7-18-12)13(16)10-2-3-10/h5,7,9-10,13H,2-4,6,8H2,1H3. The van der Waals surface area contributed by atoms with Crippen molar-refractivity contribution in [2.75, 3.05) is 12.4 Å². The van der Waals surface area contributed by atoms with Crippen LogP contribution in [0.15, 0.2) is 11.4 Å². The fourth-order valence-corrected chi connectivity index (χ4v) is 3.91. The van der Waals surface area contributed by atoms with Gasteiger partial charge in [0.1, 0.15) is 0 Å². The summed E-state index contributed by atoms with van der Waals surface area (Å²) in [6, 6.07) is 2.55. The number of carbonyl (C=O) groups is 1. The highest BCUT2D eigenvalue weighted by atomic mass is 35.5. The SMILES string of the molecule is CC(CCl)C(=O)N1CCc2sccc2C1C1CC1. The molecule has 1 aromatic rings. The van der Waals surface area contributed by atoms with Gasteiger partial charge in [0.15, 0.2) is 0 Å². The van der Waals surface area contributed by atoms with Gasteiger partial charge in [0.05, 0.1) is 6.04 Å². The fourth-order valence-electron chi connectivity index (χ4n) is 2.86. The van der Waals surface area contributed by atoms with E-state index in [1.54, 1.807) is 0 Å². The van der Waals surface area contributed by atoms with Crippen molar-refractivity contribution in [3.8, 4) is 0 Å². The van der Waals surface area contributed by atoms with E-state index < -0.39 is 0 Å². The normalized spacial score (nSPS) is 24.8. The summed E-state index contributed by atoms with van der Waals surface area (Å²) in [7, 11) is 0. The molecule has 0 radical (unpaired) electrons. The summed E-state index contributed by atoms with van der Waals surface area (Å²) >= 11 is 7.68. The molecule has 0 spiro atoms. The minimum atomic E-state index is -0.0619. The number of hydrogen-bond donors (Lipinski definition) is 0. The van der Waals surface area contributed by atoms with Crippen molar-refractivity contribution in [2.45, 2.75) is 32.2 Å². The molecule has 0 N–H and O–H groups in total. The molecule has 1 fully saturated rings. The number of thiophene rings is 1. The van der Waals surface area contributed by atoms with Gasteiger partial charge in [-0.15, -0.1) is 22.9 Å². The van der Waals surface area contributed by atoms with Crippen LogP contribution in [-0.2, 0) is 11.2 Å². The molecular formula is C14H18ClNOS. The molecule has 98 valence electrons. The third-order valence-corrected chi connectivity index (χ3v) is 5.48. The summed E-state index contributed by atoms with van der Waals surface area (Å²) in [4.78, 5) is 16.0. The lowest BCUT2D eigenvalue weighted by Gasteiger charge is -2.37. The first-order valence-corrected chi connectivity index (χ1v) is 8.06. The molecule has 1 aliphatic carbocycles. The molecule has 4 heteroatoms. The number of halogens is 1. The summed E-state index contributed by atoms with van der Waals surface area (Å²) in [5.41, 5.74) is 1.41. The van der Waals surface area contributed by atoms with E-state index in [9.17, 15) is 4.79 Å². The van der Waals surface area contributed by atoms with Crippen LogP contribution in [0.2, 0.25) is 0 Å². The van der Waals surface area contributed by atoms with E-state index in [4.69, 9.17) is 11.6 Å². The Kier molecular flexibility index (Phi) is 3.37. The Morgan fingerprint density at radius 1 is 1.61 bits per heavy atom. The van der Waals surface area contributed by atoms with Crippen LogP contribution in [-0.4, -0.2) is 23.2 Å². The van der Waals surface area contributed by atoms with E-state index in [0.717, 1.165) is 13.0 Å². The summed E-state index contributed by atoms with van der Waals surface area (Å²) in [6.07, 6.45) is 3.54. The lowest BCUT2D eigenvalue weighted by atomic mass is 9.94. The van der Waals surface area contributed by atoms with Crippen LogP contribution in [0.5, 0.6) is 0 Å². The van der Waals surface area contributed by atoms with E-state index in [0.29, 0.717) is 17.8 Å². The first-order valence-electron chi connectivity index (χ1n) is 6.65. The summed E-state index contributed by atoms with van der Waals surface area (Å²) in [6.45, 7) is 2.80. The zero-order chi connectivity index (χ0) is 12.7. The zero-order valence-corrected chi connectivity index (χ0v) is 12.1. The molecule has 18 heavy (non-hydrogen) atoms. The number of rotatable bonds is 3. The van der Waals surface area contributed by atoms with Crippen LogP contribution in [0.1, 0.15) is 36.2 Å². The molecule has 0 bridgehead atoms. The molecule has 2 nitrogen and oxygen atoms in total. The number of amides is 1. The molecule has 0 aromatic carbocycles. The second-order valence-electron chi connectivity index (χ2n) is 5.42. The van der Waals surface area contributed by atoms with Gasteiger partial charge in [0.25, 0.3) is 0 Å². The van der Waals surface area contributed by atoms with Crippen molar-refractivity contribution in [3.63, 3.8) is 0 Å². The highest BCUT2D eigenvalue weighted by Crippen LogP contribution is 2.48. The smallest absolute Gasteiger partial charge is 0.227 e. The fraction of sp³-hybridized carbons (Fsp3) is 0.643. The van der Waals surface area contributed by atoms with Gasteiger partial charge < -0.3 is 4.90 Å². The molecule has 2 unspecified atom stereocenters. The minimum absolute atomic E-state index is 0.0619. The summed E-state index contributed by atoms with van der Waals surface area (Å²) in [5, 5.41) is 2.17. The molecule has 2 aliphatic rings. The first kappa shape index (κ1) is 12.5. The first-order chi connectivity index (χ1) is 8.72. The van der Waals surface area contributed by atoms with Crippen LogP contribution in [0.25, 0.3) is 0 Å². The number of nitrogens with zero attached hydrogens (tertiary/aromatic N) is 1. The Labute approximate surface area is 117 Å². The van der Waals surface area contributed by atoms with E-state index in [1.165, 1.54) is 23.3 Å². The Hall–Kier alpha value is -0.540. The zero-order valence-electron chi connectivity index (χ0n) is 10.6. The Morgan fingerprint density at radius 2 is 2.39 bits per heavy atom. The van der Waals surface area contributed by atoms with Crippen LogP contribution >= 0.6 is 22.9 Å². The van der Waals surface area contributed by atoms with Gasteiger partial charge in [-0.05, 0) is 42.2 Å². The average molecular weight is 284 g/mol. The van der Waals surface area contributed by atoms with Crippen molar-refractivity contribution < 1.29 is 4.79 Å². The maximum absolute atomic E-state index is 12.4. The maximum Gasteiger partial charge on any atom is 0.227 e. The largest absolute Gasteiger partial charge is 0.335 e. The molecular weight excluding hydrogens is 266 g/mol. The van der Waals surface area contributed by atoms with Gasteiger partial charge in [-0.25, -0.2) is 0 Å². The van der Waals surface area contributed by atoms with Gasteiger partial charge in [-0.3, -0.25) is 4.79 Å². The highest BCUT2D eigenvalue weighted by molar-refractivity contribution is 7.10. The predicted octanol–water partition coefficient (Wildman–Crippen LogP) is 3.46. The van der Waals surface area contributed by atoms with Gasteiger partial charge in [-0.2, -0.15) is 0 Å². The molecule has 2 atom stereocenters.